The number of likely N-dealkylation sites (tertiary alicyclic amines) is 1. The average molecular weight is 523 g/mol. The van der Waals surface area contributed by atoms with Crippen LogP contribution in [0.4, 0.5) is 13.2 Å². The van der Waals surface area contributed by atoms with Gasteiger partial charge in [0.05, 0.1) is 28.3 Å². The molecule has 1 atom stereocenters. The van der Waals surface area contributed by atoms with Gasteiger partial charge in [-0.1, -0.05) is 41.4 Å². The fraction of sp³-hybridized carbons (Fsp3) is 0.208. The van der Waals surface area contributed by atoms with Crippen molar-refractivity contribution in [1.29, 1.82) is 0 Å². The number of benzene rings is 2. The first-order chi connectivity index (χ1) is 16.6. The Morgan fingerprint density at radius 3 is 2.60 bits per heavy atom. The third-order valence-corrected chi connectivity index (χ3v) is 6.55. The summed E-state index contributed by atoms with van der Waals surface area (Å²) in [6, 6.07) is 12.0. The Bertz CT molecular complexity index is 1360. The van der Waals surface area contributed by atoms with Crippen LogP contribution < -0.4 is 4.74 Å². The number of hydrogen-bond donors (Lipinski definition) is 0. The normalized spacial score (nSPS) is 19.1. The maximum Gasteiger partial charge on any atom is 0.417 e. The number of fused-ring (bicyclic) bond motifs is 2. The first-order valence-corrected chi connectivity index (χ1v) is 11.2. The number of amides is 1. The molecule has 0 bridgehead atoms. The van der Waals surface area contributed by atoms with E-state index in [1.165, 1.54) is 18.2 Å². The summed E-state index contributed by atoms with van der Waals surface area (Å²) < 4.78 is 49.5. The molecule has 180 valence electrons. The lowest BCUT2D eigenvalue weighted by Gasteiger charge is -2.24. The minimum atomic E-state index is -4.59. The van der Waals surface area contributed by atoms with Crippen molar-refractivity contribution < 1.29 is 32.2 Å². The monoisotopic (exact) mass is 522 g/mol. The van der Waals surface area contributed by atoms with Crippen molar-refractivity contribution in [2.45, 2.75) is 18.2 Å². The molecule has 1 fully saturated rings. The van der Waals surface area contributed by atoms with E-state index in [-0.39, 0.29) is 39.7 Å². The zero-order valence-corrected chi connectivity index (χ0v) is 19.2. The lowest BCUT2D eigenvalue weighted by Crippen LogP contribution is -2.34. The Hall–Kier alpha value is -3.30. The van der Waals surface area contributed by atoms with Gasteiger partial charge in [-0.15, -0.1) is 0 Å². The van der Waals surface area contributed by atoms with Gasteiger partial charge in [-0.3, -0.25) is 4.79 Å². The average Bonchev–Trinajstić information content (AvgIpc) is 3.36. The topological polar surface area (TPSA) is 68.7 Å². The third kappa shape index (κ3) is 4.19. The van der Waals surface area contributed by atoms with E-state index in [0.29, 0.717) is 30.8 Å². The van der Waals surface area contributed by atoms with Gasteiger partial charge in [0, 0.05) is 30.8 Å². The van der Waals surface area contributed by atoms with E-state index in [1.54, 1.807) is 17.0 Å². The van der Waals surface area contributed by atoms with Crippen molar-refractivity contribution in [2.75, 3.05) is 13.1 Å². The predicted octanol–water partition coefficient (Wildman–Crippen LogP) is 6.11. The summed E-state index contributed by atoms with van der Waals surface area (Å²) in [5.41, 5.74) is -0.440. The van der Waals surface area contributed by atoms with E-state index in [0.717, 1.165) is 5.56 Å². The largest absolute Gasteiger partial charge is 0.449 e. The third-order valence-electron chi connectivity index (χ3n) is 5.97. The number of nitrogens with zero attached hydrogens (tertiary/aromatic N) is 2. The van der Waals surface area contributed by atoms with E-state index in [4.69, 9.17) is 32.7 Å². The summed E-state index contributed by atoms with van der Waals surface area (Å²) in [6.07, 6.45) is -3.52. The number of rotatable bonds is 3. The first kappa shape index (κ1) is 23.4. The Morgan fingerprint density at radius 2 is 1.89 bits per heavy atom. The highest BCUT2D eigenvalue weighted by molar-refractivity contribution is 6.34. The van der Waals surface area contributed by atoms with E-state index < -0.39 is 23.3 Å². The second-order valence-electron chi connectivity index (χ2n) is 8.16. The molecule has 35 heavy (non-hydrogen) atoms. The molecular weight excluding hydrogens is 508 g/mol. The molecule has 2 aliphatic rings. The van der Waals surface area contributed by atoms with Crippen LogP contribution in [0.1, 0.15) is 38.3 Å². The predicted molar refractivity (Wildman–Crippen MR) is 120 cm³/mol. The van der Waals surface area contributed by atoms with Crippen LogP contribution in [0, 0.1) is 0 Å². The van der Waals surface area contributed by atoms with Gasteiger partial charge in [0.15, 0.2) is 5.60 Å². The SMILES string of the molecule is O=C1O[C@]2(CCN(C(=O)c3ccc(Oc4ncc(C(F)(F)F)cc4Cl)cc3Cl)C2)c2ccccc21. The molecular formula is C24H15Cl2F3N2O4. The van der Waals surface area contributed by atoms with Crippen LogP contribution >= 0.6 is 23.2 Å². The maximum absolute atomic E-state index is 13.2. The molecule has 3 heterocycles. The second-order valence-corrected chi connectivity index (χ2v) is 8.97. The van der Waals surface area contributed by atoms with Gasteiger partial charge in [-0.2, -0.15) is 13.2 Å². The van der Waals surface area contributed by atoms with E-state index in [2.05, 4.69) is 4.98 Å². The highest BCUT2D eigenvalue weighted by atomic mass is 35.5. The molecule has 0 aliphatic carbocycles. The number of pyridine rings is 1. The van der Waals surface area contributed by atoms with Crippen molar-refractivity contribution in [2.24, 2.45) is 0 Å². The zero-order valence-electron chi connectivity index (χ0n) is 17.7. The number of halogens is 5. The number of carbonyl (C=O) groups excluding carboxylic acids is 2. The number of carbonyl (C=O) groups is 2. The Labute approximate surface area is 207 Å². The van der Waals surface area contributed by atoms with E-state index >= 15 is 0 Å². The zero-order chi connectivity index (χ0) is 25.0. The quantitative estimate of drug-likeness (QED) is 0.388. The van der Waals surface area contributed by atoms with Crippen LogP contribution in [0.5, 0.6) is 11.6 Å². The summed E-state index contributed by atoms with van der Waals surface area (Å²) in [5, 5.41) is -0.259. The molecule has 1 aromatic heterocycles. The molecule has 1 spiro atoms. The minimum Gasteiger partial charge on any atom is -0.449 e. The molecule has 0 saturated carbocycles. The van der Waals surface area contributed by atoms with Crippen LogP contribution in [0.2, 0.25) is 10.0 Å². The molecule has 0 radical (unpaired) electrons. The molecule has 0 unspecified atom stereocenters. The summed E-state index contributed by atoms with van der Waals surface area (Å²) in [4.78, 5) is 30.6. The molecule has 5 rings (SSSR count). The molecule has 2 aliphatic heterocycles. The van der Waals surface area contributed by atoms with Crippen molar-refractivity contribution in [3.05, 3.63) is 87.0 Å². The minimum absolute atomic E-state index is 0.0697. The van der Waals surface area contributed by atoms with Gasteiger partial charge >= 0.3 is 12.1 Å². The number of hydrogen-bond acceptors (Lipinski definition) is 5. The van der Waals surface area contributed by atoms with Crippen LogP contribution in [-0.2, 0) is 16.5 Å². The molecule has 11 heteroatoms. The fourth-order valence-electron chi connectivity index (χ4n) is 4.27. The van der Waals surface area contributed by atoms with Crippen LogP contribution in [-0.4, -0.2) is 34.8 Å². The Morgan fingerprint density at radius 1 is 1.11 bits per heavy atom. The van der Waals surface area contributed by atoms with Crippen molar-refractivity contribution >= 4 is 35.1 Å². The molecule has 3 aromatic rings. The van der Waals surface area contributed by atoms with Crippen molar-refractivity contribution in [3.8, 4) is 11.6 Å². The molecule has 1 saturated heterocycles. The highest BCUT2D eigenvalue weighted by Gasteiger charge is 2.51. The Balaban J connectivity index is 1.33. The van der Waals surface area contributed by atoms with Crippen molar-refractivity contribution in [3.63, 3.8) is 0 Å². The number of ether oxygens (including phenoxy) is 2. The molecule has 6 nitrogen and oxygen atoms in total. The van der Waals surface area contributed by atoms with E-state index in [1.807, 2.05) is 12.1 Å². The second kappa shape index (κ2) is 8.42. The molecule has 1 amide bonds. The number of alkyl halides is 3. The lowest BCUT2D eigenvalue weighted by atomic mass is 9.91. The Kier molecular flexibility index (Phi) is 5.64. The van der Waals surface area contributed by atoms with Crippen LogP contribution in [0.25, 0.3) is 0 Å². The lowest BCUT2D eigenvalue weighted by molar-refractivity contribution is -0.137. The van der Waals surface area contributed by atoms with Crippen molar-refractivity contribution in [1.82, 2.24) is 9.88 Å². The molecule has 0 N–H and O–H groups in total. The van der Waals surface area contributed by atoms with Gasteiger partial charge in [-0.25, -0.2) is 9.78 Å². The molecule has 2 aromatic carbocycles. The van der Waals surface area contributed by atoms with Crippen LogP contribution in [0.15, 0.2) is 54.7 Å². The van der Waals surface area contributed by atoms with Gasteiger partial charge in [0.1, 0.15) is 10.8 Å². The van der Waals surface area contributed by atoms with E-state index in [9.17, 15) is 22.8 Å². The maximum atomic E-state index is 13.2. The number of aromatic nitrogens is 1. The number of esters is 1. The highest BCUT2D eigenvalue weighted by Crippen LogP contribution is 2.44. The van der Waals surface area contributed by atoms with Gasteiger partial charge < -0.3 is 14.4 Å². The summed E-state index contributed by atoms with van der Waals surface area (Å²) >= 11 is 12.2. The first-order valence-electron chi connectivity index (χ1n) is 10.4. The smallest absolute Gasteiger partial charge is 0.417 e. The van der Waals surface area contributed by atoms with Gasteiger partial charge in [-0.05, 0) is 24.3 Å². The van der Waals surface area contributed by atoms with Gasteiger partial charge in [0.25, 0.3) is 5.91 Å². The van der Waals surface area contributed by atoms with Crippen LogP contribution in [0.3, 0.4) is 0 Å². The summed E-state index contributed by atoms with van der Waals surface area (Å²) in [7, 11) is 0. The summed E-state index contributed by atoms with van der Waals surface area (Å²) in [5.74, 6) is -0.871. The summed E-state index contributed by atoms with van der Waals surface area (Å²) in [6.45, 7) is 0.550. The van der Waals surface area contributed by atoms with Gasteiger partial charge in [0.2, 0.25) is 5.88 Å². The fourth-order valence-corrected chi connectivity index (χ4v) is 4.73. The standard InChI is InChI=1S/C24H15Cl2F3N2O4/c25-18-10-14(34-20-19(26)9-13(11-30-20)24(27,28)29)5-6-16(18)21(32)31-8-7-23(12-31)17-4-2-1-3-15(17)22(33)35-23/h1-6,9-11H,7-8,12H2/t23-/m0/s1.